The number of ether oxygens (including phenoxy) is 1. The Kier molecular flexibility index (Phi) is 3.80. The molecule has 0 atom stereocenters. The summed E-state index contributed by atoms with van der Waals surface area (Å²) in [6.07, 6.45) is 1.67. The molecule has 0 saturated carbocycles. The van der Waals surface area contributed by atoms with Crippen LogP contribution in [-0.4, -0.2) is 4.98 Å². The van der Waals surface area contributed by atoms with Crippen molar-refractivity contribution in [2.75, 3.05) is 0 Å². The van der Waals surface area contributed by atoms with Crippen LogP contribution in [0.1, 0.15) is 5.69 Å². The summed E-state index contributed by atoms with van der Waals surface area (Å²) in [5, 5.41) is 0.671. The maximum absolute atomic E-state index is 5.85. The van der Waals surface area contributed by atoms with Crippen molar-refractivity contribution in [2.45, 2.75) is 6.61 Å². The van der Waals surface area contributed by atoms with E-state index in [9.17, 15) is 0 Å². The van der Waals surface area contributed by atoms with E-state index in [0.29, 0.717) is 11.6 Å². The number of hydrogen-bond acceptors (Lipinski definition) is 2. The van der Waals surface area contributed by atoms with Crippen molar-refractivity contribution in [2.24, 2.45) is 0 Å². The Hall–Kier alpha value is -1.06. The maximum Gasteiger partial charge on any atom is 0.130 e. The molecular formula is C12H9BrClNO. The number of pyridine rings is 1. The minimum Gasteiger partial charge on any atom is -0.487 e. The van der Waals surface area contributed by atoms with E-state index < -0.39 is 0 Å². The molecule has 16 heavy (non-hydrogen) atoms. The van der Waals surface area contributed by atoms with Gasteiger partial charge in [0.1, 0.15) is 12.4 Å². The molecule has 0 saturated heterocycles. The molecule has 1 heterocycles. The summed E-state index contributed by atoms with van der Waals surface area (Å²) >= 11 is 9.21. The second-order valence-corrected chi connectivity index (χ2v) is 4.56. The molecule has 0 N–H and O–H groups in total. The van der Waals surface area contributed by atoms with Gasteiger partial charge in [0.05, 0.1) is 5.69 Å². The van der Waals surface area contributed by atoms with Crippen molar-refractivity contribution in [3.63, 3.8) is 0 Å². The summed E-state index contributed by atoms with van der Waals surface area (Å²) in [7, 11) is 0. The van der Waals surface area contributed by atoms with Gasteiger partial charge in [-0.05, 0) is 36.4 Å². The molecule has 0 amide bonds. The molecule has 2 aromatic rings. The summed E-state index contributed by atoms with van der Waals surface area (Å²) < 4.78 is 6.59. The van der Waals surface area contributed by atoms with Crippen LogP contribution in [0.2, 0.25) is 5.02 Å². The van der Waals surface area contributed by atoms with Gasteiger partial charge in [-0.25, -0.2) is 0 Å². The third-order valence-corrected chi connectivity index (χ3v) is 2.74. The van der Waals surface area contributed by atoms with Crippen LogP contribution < -0.4 is 4.74 Å². The van der Waals surface area contributed by atoms with Crippen molar-refractivity contribution >= 4 is 27.5 Å². The first-order valence-electron chi connectivity index (χ1n) is 4.73. The van der Waals surface area contributed by atoms with Gasteiger partial charge in [-0.3, -0.25) is 4.98 Å². The minimum atomic E-state index is 0.419. The SMILES string of the molecule is Clc1ccnc(COc2ccc(Br)cc2)c1. The van der Waals surface area contributed by atoms with Crippen LogP contribution in [0, 0.1) is 0 Å². The fraction of sp³-hybridized carbons (Fsp3) is 0.0833. The lowest BCUT2D eigenvalue weighted by Crippen LogP contribution is -1.97. The molecule has 0 fully saturated rings. The Morgan fingerprint density at radius 3 is 2.62 bits per heavy atom. The molecule has 2 nitrogen and oxygen atoms in total. The monoisotopic (exact) mass is 297 g/mol. The molecule has 0 aliphatic rings. The van der Waals surface area contributed by atoms with E-state index in [0.717, 1.165) is 15.9 Å². The van der Waals surface area contributed by atoms with Gasteiger partial charge in [-0.2, -0.15) is 0 Å². The van der Waals surface area contributed by atoms with Gasteiger partial charge < -0.3 is 4.74 Å². The van der Waals surface area contributed by atoms with E-state index in [2.05, 4.69) is 20.9 Å². The van der Waals surface area contributed by atoms with E-state index in [1.165, 1.54) is 0 Å². The van der Waals surface area contributed by atoms with Crippen molar-refractivity contribution in [1.82, 2.24) is 4.98 Å². The van der Waals surface area contributed by atoms with E-state index in [1.54, 1.807) is 18.3 Å². The fourth-order valence-electron chi connectivity index (χ4n) is 1.22. The Morgan fingerprint density at radius 1 is 1.19 bits per heavy atom. The first-order valence-corrected chi connectivity index (χ1v) is 5.90. The smallest absolute Gasteiger partial charge is 0.130 e. The highest BCUT2D eigenvalue weighted by atomic mass is 79.9. The average Bonchev–Trinajstić information content (AvgIpc) is 2.28. The normalized spacial score (nSPS) is 10.1. The second-order valence-electron chi connectivity index (χ2n) is 3.21. The molecule has 0 bridgehead atoms. The molecule has 0 unspecified atom stereocenters. The molecular weight excluding hydrogens is 289 g/mol. The minimum absolute atomic E-state index is 0.419. The highest BCUT2D eigenvalue weighted by molar-refractivity contribution is 9.10. The van der Waals surface area contributed by atoms with Crippen LogP contribution in [0.3, 0.4) is 0 Å². The van der Waals surface area contributed by atoms with E-state index in [4.69, 9.17) is 16.3 Å². The lowest BCUT2D eigenvalue weighted by Gasteiger charge is -2.05. The Bertz CT molecular complexity index is 473. The Balaban J connectivity index is 1.99. The van der Waals surface area contributed by atoms with Crippen LogP contribution in [0.5, 0.6) is 5.75 Å². The zero-order valence-corrected chi connectivity index (χ0v) is 10.7. The molecule has 0 spiro atoms. The van der Waals surface area contributed by atoms with Crippen LogP contribution in [0.4, 0.5) is 0 Å². The van der Waals surface area contributed by atoms with Gasteiger partial charge in [-0.15, -0.1) is 0 Å². The summed E-state index contributed by atoms with van der Waals surface area (Å²) in [4.78, 5) is 4.15. The van der Waals surface area contributed by atoms with Gasteiger partial charge >= 0.3 is 0 Å². The molecule has 2 rings (SSSR count). The van der Waals surface area contributed by atoms with Crippen molar-refractivity contribution in [1.29, 1.82) is 0 Å². The lowest BCUT2D eigenvalue weighted by atomic mass is 10.3. The topological polar surface area (TPSA) is 22.1 Å². The van der Waals surface area contributed by atoms with Crippen LogP contribution in [0.25, 0.3) is 0 Å². The lowest BCUT2D eigenvalue weighted by molar-refractivity contribution is 0.301. The van der Waals surface area contributed by atoms with E-state index in [1.807, 2.05) is 24.3 Å². The predicted octanol–water partition coefficient (Wildman–Crippen LogP) is 4.08. The average molecular weight is 299 g/mol. The number of rotatable bonds is 3. The third-order valence-electron chi connectivity index (χ3n) is 1.98. The molecule has 82 valence electrons. The largest absolute Gasteiger partial charge is 0.487 e. The first kappa shape index (κ1) is 11.4. The zero-order chi connectivity index (χ0) is 11.4. The first-order chi connectivity index (χ1) is 7.74. The fourth-order valence-corrected chi connectivity index (χ4v) is 1.66. The Labute approximate surface area is 107 Å². The van der Waals surface area contributed by atoms with Crippen LogP contribution in [-0.2, 0) is 6.61 Å². The number of benzene rings is 1. The standard InChI is InChI=1S/C12H9BrClNO/c13-9-1-3-12(4-2-9)16-8-11-7-10(14)5-6-15-11/h1-7H,8H2. The summed E-state index contributed by atoms with van der Waals surface area (Å²) in [6, 6.07) is 11.2. The highest BCUT2D eigenvalue weighted by Crippen LogP contribution is 2.17. The van der Waals surface area contributed by atoms with E-state index >= 15 is 0 Å². The van der Waals surface area contributed by atoms with Gasteiger partial charge in [0.15, 0.2) is 0 Å². The number of halogens is 2. The van der Waals surface area contributed by atoms with Gasteiger partial charge in [0.25, 0.3) is 0 Å². The van der Waals surface area contributed by atoms with E-state index in [-0.39, 0.29) is 0 Å². The molecule has 0 aliphatic carbocycles. The molecule has 1 aromatic heterocycles. The second kappa shape index (κ2) is 5.32. The Morgan fingerprint density at radius 2 is 1.94 bits per heavy atom. The molecule has 0 radical (unpaired) electrons. The van der Waals surface area contributed by atoms with Crippen LogP contribution >= 0.6 is 27.5 Å². The van der Waals surface area contributed by atoms with Gasteiger partial charge in [-0.1, -0.05) is 27.5 Å². The summed E-state index contributed by atoms with van der Waals surface area (Å²) in [6.45, 7) is 0.419. The van der Waals surface area contributed by atoms with Gasteiger partial charge in [0.2, 0.25) is 0 Å². The third kappa shape index (κ3) is 3.22. The summed E-state index contributed by atoms with van der Waals surface area (Å²) in [5.41, 5.74) is 0.815. The molecule has 1 aromatic carbocycles. The van der Waals surface area contributed by atoms with Crippen LogP contribution in [0.15, 0.2) is 47.1 Å². The molecule has 4 heteroatoms. The number of nitrogens with zero attached hydrogens (tertiary/aromatic N) is 1. The summed E-state index contributed by atoms with van der Waals surface area (Å²) in [5.74, 6) is 0.810. The number of aromatic nitrogens is 1. The molecule has 0 aliphatic heterocycles. The van der Waals surface area contributed by atoms with Crippen molar-refractivity contribution in [3.8, 4) is 5.75 Å². The maximum atomic E-state index is 5.85. The van der Waals surface area contributed by atoms with Gasteiger partial charge in [0, 0.05) is 15.7 Å². The number of hydrogen-bond donors (Lipinski definition) is 0. The zero-order valence-electron chi connectivity index (χ0n) is 8.36. The van der Waals surface area contributed by atoms with Crippen molar-refractivity contribution in [3.05, 3.63) is 57.8 Å². The predicted molar refractivity (Wildman–Crippen MR) is 67.7 cm³/mol. The quantitative estimate of drug-likeness (QED) is 0.852. The van der Waals surface area contributed by atoms with Crippen molar-refractivity contribution < 1.29 is 4.74 Å². The highest BCUT2D eigenvalue weighted by Gasteiger charge is 1.98.